The molecule has 0 unspecified atom stereocenters. The number of rotatable bonds is 4. The fraction of sp³-hybridized carbons (Fsp3) is 0.400. The van der Waals surface area contributed by atoms with Gasteiger partial charge in [0, 0.05) is 18.1 Å². The van der Waals surface area contributed by atoms with Crippen molar-refractivity contribution < 1.29 is 4.39 Å². The Kier molecular flexibility index (Phi) is 3.38. The molecule has 2 nitrogen and oxygen atoms in total. The highest BCUT2D eigenvalue weighted by Gasteiger charge is 2.15. The average molecular weight is 244 g/mol. The fourth-order valence-electron chi connectivity index (χ4n) is 2.13. The molecule has 1 aromatic heterocycles. The van der Waals surface area contributed by atoms with Gasteiger partial charge in [-0.3, -0.25) is 0 Å². The van der Waals surface area contributed by atoms with E-state index < -0.39 is 0 Å². The zero-order chi connectivity index (χ0) is 13.2. The first kappa shape index (κ1) is 12.6. The summed E-state index contributed by atoms with van der Waals surface area (Å²) in [6.45, 7) is 4.71. The second-order valence-electron chi connectivity index (χ2n) is 5.28. The molecule has 0 N–H and O–H groups in total. The molecule has 3 heteroatoms. The van der Waals surface area contributed by atoms with Gasteiger partial charge in [-0.15, -0.1) is 0 Å². The summed E-state index contributed by atoms with van der Waals surface area (Å²) in [4.78, 5) is 0. The van der Waals surface area contributed by atoms with Crippen LogP contribution in [-0.4, -0.2) is 4.57 Å². The molecule has 0 spiro atoms. The van der Waals surface area contributed by atoms with Gasteiger partial charge in [0.25, 0.3) is 0 Å². The summed E-state index contributed by atoms with van der Waals surface area (Å²) in [6, 6.07) is 9.24. The molecule has 0 fully saturated rings. The predicted molar refractivity (Wildman–Crippen MR) is 70.5 cm³/mol. The second-order valence-corrected chi connectivity index (χ2v) is 5.28. The van der Waals surface area contributed by atoms with Crippen LogP contribution in [0.25, 0.3) is 10.9 Å². The molecule has 1 aromatic carbocycles. The van der Waals surface area contributed by atoms with E-state index in [0.29, 0.717) is 5.39 Å². The zero-order valence-corrected chi connectivity index (χ0v) is 10.8. The summed E-state index contributed by atoms with van der Waals surface area (Å²) in [5, 5.41) is 9.62. The molecular formula is C15H17FN2. The Bertz CT molecular complexity index is 590. The Hall–Kier alpha value is -1.82. The third-order valence-electron chi connectivity index (χ3n) is 3.26. The van der Waals surface area contributed by atoms with Crippen molar-refractivity contribution in [3.05, 3.63) is 36.3 Å². The molecule has 18 heavy (non-hydrogen) atoms. The Labute approximate surface area is 107 Å². The molecular weight excluding hydrogens is 227 g/mol. The maximum absolute atomic E-state index is 13.5. The standard InChI is InChI=1S/C15H17FN2/c1-15(2,11-17)8-4-9-18-10-7-12-13(16)5-3-6-14(12)18/h3,5-7,10H,4,8-9H2,1-2H3. The molecule has 2 aromatic rings. The highest BCUT2D eigenvalue weighted by Crippen LogP contribution is 2.23. The van der Waals surface area contributed by atoms with Crippen molar-refractivity contribution in [2.24, 2.45) is 5.41 Å². The van der Waals surface area contributed by atoms with Gasteiger partial charge in [-0.2, -0.15) is 5.26 Å². The number of benzene rings is 1. The summed E-state index contributed by atoms with van der Waals surface area (Å²) < 4.78 is 15.6. The summed E-state index contributed by atoms with van der Waals surface area (Å²) in [6.07, 6.45) is 3.67. The van der Waals surface area contributed by atoms with E-state index in [1.165, 1.54) is 6.07 Å². The Morgan fingerprint density at radius 3 is 2.83 bits per heavy atom. The number of halogens is 1. The zero-order valence-electron chi connectivity index (χ0n) is 10.8. The van der Waals surface area contributed by atoms with Gasteiger partial charge in [0.2, 0.25) is 0 Å². The predicted octanol–water partition coefficient (Wildman–Crippen LogP) is 4.11. The molecule has 94 valence electrons. The van der Waals surface area contributed by atoms with Crippen LogP contribution in [-0.2, 0) is 6.54 Å². The molecule has 0 aliphatic heterocycles. The Morgan fingerprint density at radius 2 is 2.11 bits per heavy atom. The van der Waals surface area contributed by atoms with Crippen molar-refractivity contribution in [3.8, 4) is 6.07 Å². The molecule has 0 bridgehead atoms. The van der Waals surface area contributed by atoms with Gasteiger partial charge in [-0.1, -0.05) is 6.07 Å². The molecule has 0 aliphatic rings. The van der Waals surface area contributed by atoms with Gasteiger partial charge in [-0.25, -0.2) is 4.39 Å². The van der Waals surface area contributed by atoms with Gasteiger partial charge >= 0.3 is 0 Å². The van der Waals surface area contributed by atoms with Crippen LogP contribution in [0, 0.1) is 22.6 Å². The lowest BCUT2D eigenvalue weighted by molar-refractivity contribution is 0.418. The first-order valence-corrected chi connectivity index (χ1v) is 6.18. The van der Waals surface area contributed by atoms with Crippen LogP contribution in [0.1, 0.15) is 26.7 Å². The largest absolute Gasteiger partial charge is 0.347 e. The van der Waals surface area contributed by atoms with Gasteiger partial charge in [0.15, 0.2) is 0 Å². The van der Waals surface area contributed by atoms with E-state index in [9.17, 15) is 4.39 Å². The molecule has 0 saturated carbocycles. The van der Waals surface area contributed by atoms with Crippen LogP contribution < -0.4 is 0 Å². The van der Waals surface area contributed by atoms with Crippen molar-refractivity contribution in [3.63, 3.8) is 0 Å². The van der Waals surface area contributed by atoms with Crippen molar-refractivity contribution in [1.82, 2.24) is 4.57 Å². The second kappa shape index (κ2) is 4.81. The van der Waals surface area contributed by atoms with Gasteiger partial charge in [-0.05, 0) is 44.9 Å². The Morgan fingerprint density at radius 1 is 1.33 bits per heavy atom. The summed E-state index contributed by atoms with van der Waals surface area (Å²) in [5.74, 6) is -0.177. The van der Waals surface area contributed by atoms with E-state index in [2.05, 4.69) is 6.07 Å². The highest BCUT2D eigenvalue weighted by molar-refractivity contribution is 5.80. The normalized spacial score (nSPS) is 11.7. The molecule has 2 rings (SSSR count). The number of hydrogen-bond acceptors (Lipinski definition) is 1. The van der Waals surface area contributed by atoms with Crippen molar-refractivity contribution >= 4 is 10.9 Å². The van der Waals surface area contributed by atoms with Crippen LogP contribution in [0.3, 0.4) is 0 Å². The lowest BCUT2D eigenvalue weighted by Gasteiger charge is -2.15. The lowest BCUT2D eigenvalue weighted by atomic mass is 9.90. The first-order valence-electron chi connectivity index (χ1n) is 6.18. The van der Waals surface area contributed by atoms with E-state index in [0.717, 1.165) is 24.9 Å². The molecule has 0 saturated heterocycles. The van der Waals surface area contributed by atoms with Crippen LogP contribution in [0.5, 0.6) is 0 Å². The van der Waals surface area contributed by atoms with Crippen molar-refractivity contribution in [2.75, 3.05) is 0 Å². The number of fused-ring (bicyclic) bond motifs is 1. The van der Waals surface area contributed by atoms with Crippen LogP contribution in [0.4, 0.5) is 4.39 Å². The molecule has 1 heterocycles. The van der Waals surface area contributed by atoms with E-state index in [-0.39, 0.29) is 11.2 Å². The Balaban J connectivity index is 2.10. The van der Waals surface area contributed by atoms with Crippen LogP contribution in [0.2, 0.25) is 0 Å². The number of aromatic nitrogens is 1. The monoisotopic (exact) mass is 244 g/mol. The third kappa shape index (κ3) is 2.53. The van der Waals surface area contributed by atoms with Crippen molar-refractivity contribution in [2.45, 2.75) is 33.2 Å². The number of hydrogen-bond donors (Lipinski definition) is 0. The van der Waals surface area contributed by atoms with Crippen LogP contribution in [0.15, 0.2) is 30.5 Å². The molecule has 0 amide bonds. The quantitative estimate of drug-likeness (QED) is 0.795. The first-order chi connectivity index (χ1) is 8.53. The van der Waals surface area contributed by atoms with Crippen LogP contribution >= 0.6 is 0 Å². The van der Waals surface area contributed by atoms with E-state index in [4.69, 9.17) is 5.26 Å². The number of nitriles is 1. The summed E-state index contributed by atoms with van der Waals surface area (Å²) in [7, 11) is 0. The molecule has 0 atom stereocenters. The highest BCUT2D eigenvalue weighted by atomic mass is 19.1. The minimum Gasteiger partial charge on any atom is -0.347 e. The smallest absolute Gasteiger partial charge is 0.132 e. The van der Waals surface area contributed by atoms with E-state index in [1.807, 2.05) is 30.7 Å². The van der Waals surface area contributed by atoms with Gasteiger partial charge in [0.05, 0.1) is 17.0 Å². The summed E-state index contributed by atoms with van der Waals surface area (Å²) >= 11 is 0. The lowest BCUT2D eigenvalue weighted by Crippen LogP contribution is -2.09. The van der Waals surface area contributed by atoms with E-state index in [1.54, 1.807) is 12.1 Å². The maximum atomic E-state index is 13.5. The average Bonchev–Trinajstić information content (AvgIpc) is 2.74. The van der Waals surface area contributed by atoms with Gasteiger partial charge in [0.1, 0.15) is 5.82 Å². The van der Waals surface area contributed by atoms with Gasteiger partial charge < -0.3 is 4.57 Å². The topological polar surface area (TPSA) is 28.7 Å². The summed E-state index contributed by atoms with van der Waals surface area (Å²) in [5.41, 5.74) is 0.638. The third-order valence-corrected chi connectivity index (χ3v) is 3.26. The minimum atomic E-state index is -0.284. The SMILES string of the molecule is CC(C)(C#N)CCCn1ccc2c(F)cccc21. The number of nitrogens with zero attached hydrogens (tertiary/aromatic N) is 2. The fourth-order valence-corrected chi connectivity index (χ4v) is 2.13. The van der Waals surface area contributed by atoms with Crippen molar-refractivity contribution in [1.29, 1.82) is 5.26 Å². The maximum Gasteiger partial charge on any atom is 0.132 e. The number of aryl methyl sites for hydroxylation is 1. The molecule has 0 radical (unpaired) electrons. The molecule has 0 aliphatic carbocycles. The van der Waals surface area contributed by atoms with E-state index >= 15 is 0 Å². The minimum absolute atomic E-state index is 0.177.